The molecule has 108 valence electrons. The van der Waals surface area contributed by atoms with Crippen molar-refractivity contribution in [3.63, 3.8) is 0 Å². The molecule has 0 saturated heterocycles. The molecule has 0 aliphatic rings. The van der Waals surface area contributed by atoms with E-state index in [4.69, 9.17) is 10.5 Å². The molecule has 1 amide bonds. The summed E-state index contributed by atoms with van der Waals surface area (Å²) in [5.74, 6) is 0. The van der Waals surface area contributed by atoms with Crippen molar-refractivity contribution in [2.45, 2.75) is 39.2 Å². The predicted octanol–water partition coefficient (Wildman–Crippen LogP) is 3.50. The molecule has 4 nitrogen and oxygen atoms in total. The molecule has 1 aromatic carbocycles. The van der Waals surface area contributed by atoms with Gasteiger partial charge in [0.1, 0.15) is 0 Å². The van der Waals surface area contributed by atoms with E-state index in [2.05, 4.69) is 12.2 Å². The zero-order valence-corrected chi connectivity index (χ0v) is 12.2. The van der Waals surface area contributed by atoms with Crippen molar-refractivity contribution in [3.8, 4) is 0 Å². The number of hydrogen-bond donors (Lipinski definition) is 2. The fraction of sp³-hybridized carbons (Fsp3) is 0.500. The minimum absolute atomic E-state index is 0. The van der Waals surface area contributed by atoms with Gasteiger partial charge in [-0.25, -0.2) is 4.79 Å². The SMILES string of the molecule is CCCCCCOC(=O)NCc1ccc(N)cc1.Cl. The van der Waals surface area contributed by atoms with Crippen molar-refractivity contribution in [2.24, 2.45) is 0 Å². The van der Waals surface area contributed by atoms with Crippen molar-refractivity contribution in [1.29, 1.82) is 0 Å². The highest BCUT2D eigenvalue weighted by Crippen LogP contribution is 2.05. The lowest BCUT2D eigenvalue weighted by Crippen LogP contribution is -2.24. The maximum atomic E-state index is 11.4. The highest BCUT2D eigenvalue weighted by atomic mass is 35.5. The summed E-state index contributed by atoms with van der Waals surface area (Å²) in [7, 11) is 0. The third-order valence-electron chi connectivity index (χ3n) is 2.65. The highest BCUT2D eigenvalue weighted by Gasteiger charge is 2.01. The number of nitrogens with one attached hydrogen (secondary N) is 1. The fourth-order valence-electron chi connectivity index (χ4n) is 1.55. The van der Waals surface area contributed by atoms with Crippen molar-refractivity contribution < 1.29 is 9.53 Å². The molecule has 0 aliphatic carbocycles. The summed E-state index contributed by atoms with van der Waals surface area (Å²) in [5, 5.41) is 2.71. The number of anilines is 1. The number of carbonyl (C=O) groups is 1. The van der Waals surface area contributed by atoms with E-state index in [-0.39, 0.29) is 18.5 Å². The van der Waals surface area contributed by atoms with E-state index in [1.165, 1.54) is 12.8 Å². The Kier molecular flexibility index (Phi) is 9.71. The number of halogens is 1. The van der Waals surface area contributed by atoms with Gasteiger partial charge in [-0.05, 0) is 24.1 Å². The van der Waals surface area contributed by atoms with E-state index < -0.39 is 0 Å². The number of benzene rings is 1. The zero-order valence-electron chi connectivity index (χ0n) is 11.4. The van der Waals surface area contributed by atoms with Crippen LogP contribution in [0.15, 0.2) is 24.3 Å². The zero-order chi connectivity index (χ0) is 13.2. The van der Waals surface area contributed by atoms with Crippen LogP contribution in [0.4, 0.5) is 10.5 Å². The van der Waals surface area contributed by atoms with Gasteiger partial charge in [-0.15, -0.1) is 12.4 Å². The number of amides is 1. The van der Waals surface area contributed by atoms with E-state index in [0.717, 1.165) is 24.1 Å². The normalized spacial score (nSPS) is 9.53. The summed E-state index contributed by atoms with van der Waals surface area (Å²) >= 11 is 0. The van der Waals surface area contributed by atoms with Gasteiger partial charge in [0, 0.05) is 12.2 Å². The average Bonchev–Trinajstić information content (AvgIpc) is 2.38. The Balaban J connectivity index is 0.00000324. The monoisotopic (exact) mass is 286 g/mol. The van der Waals surface area contributed by atoms with Crippen LogP contribution in [0.25, 0.3) is 0 Å². The molecule has 0 atom stereocenters. The lowest BCUT2D eigenvalue weighted by molar-refractivity contribution is 0.143. The number of carbonyl (C=O) groups excluding carboxylic acids is 1. The van der Waals surface area contributed by atoms with Gasteiger partial charge in [-0.3, -0.25) is 0 Å². The first kappa shape index (κ1) is 17.6. The molecule has 0 radical (unpaired) electrons. The van der Waals surface area contributed by atoms with Gasteiger partial charge in [0.25, 0.3) is 0 Å². The van der Waals surface area contributed by atoms with E-state index in [0.29, 0.717) is 13.2 Å². The smallest absolute Gasteiger partial charge is 0.407 e. The Bertz CT molecular complexity index is 355. The van der Waals surface area contributed by atoms with Gasteiger partial charge >= 0.3 is 6.09 Å². The number of ether oxygens (including phenoxy) is 1. The number of alkyl carbamates (subject to hydrolysis) is 1. The summed E-state index contributed by atoms with van der Waals surface area (Å²) in [4.78, 5) is 11.4. The average molecular weight is 287 g/mol. The molecule has 19 heavy (non-hydrogen) atoms. The van der Waals surface area contributed by atoms with Gasteiger partial charge in [-0.1, -0.05) is 38.3 Å². The summed E-state index contributed by atoms with van der Waals surface area (Å²) < 4.78 is 5.06. The molecule has 1 rings (SSSR count). The number of unbranched alkanes of at least 4 members (excludes halogenated alkanes) is 3. The van der Waals surface area contributed by atoms with Crippen LogP contribution >= 0.6 is 12.4 Å². The minimum Gasteiger partial charge on any atom is -0.450 e. The second kappa shape index (κ2) is 10.5. The van der Waals surface area contributed by atoms with Gasteiger partial charge in [-0.2, -0.15) is 0 Å². The Morgan fingerprint density at radius 1 is 1.21 bits per heavy atom. The Morgan fingerprint density at radius 3 is 2.53 bits per heavy atom. The molecule has 0 aliphatic heterocycles. The fourth-order valence-corrected chi connectivity index (χ4v) is 1.55. The lowest BCUT2D eigenvalue weighted by Gasteiger charge is -2.07. The first-order valence-electron chi connectivity index (χ1n) is 6.47. The van der Waals surface area contributed by atoms with Gasteiger partial charge in [0.15, 0.2) is 0 Å². The molecule has 0 spiro atoms. The molecule has 0 unspecified atom stereocenters. The Hall–Kier alpha value is -1.42. The largest absolute Gasteiger partial charge is 0.450 e. The lowest BCUT2D eigenvalue weighted by atomic mass is 10.2. The van der Waals surface area contributed by atoms with Crippen LogP contribution in [0.5, 0.6) is 0 Å². The number of hydrogen-bond acceptors (Lipinski definition) is 3. The Labute approximate surface area is 121 Å². The maximum absolute atomic E-state index is 11.4. The van der Waals surface area contributed by atoms with Crippen LogP contribution in [0, 0.1) is 0 Å². The maximum Gasteiger partial charge on any atom is 0.407 e. The van der Waals surface area contributed by atoms with E-state index >= 15 is 0 Å². The van der Waals surface area contributed by atoms with Crippen molar-refractivity contribution in [2.75, 3.05) is 12.3 Å². The third-order valence-corrected chi connectivity index (χ3v) is 2.65. The molecule has 0 fully saturated rings. The van der Waals surface area contributed by atoms with Crippen LogP contribution in [-0.2, 0) is 11.3 Å². The van der Waals surface area contributed by atoms with Crippen molar-refractivity contribution in [1.82, 2.24) is 5.32 Å². The predicted molar refractivity (Wildman–Crippen MR) is 80.4 cm³/mol. The molecule has 0 bridgehead atoms. The van der Waals surface area contributed by atoms with Gasteiger partial charge in [0.05, 0.1) is 6.61 Å². The van der Waals surface area contributed by atoms with Crippen LogP contribution in [-0.4, -0.2) is 12.7 Å². The van der Waals surface area contributed by atoms with E-state index in [9.17, 15) is 4.79 Å². The minimum atomic E-state index is -0.358. The quantitative estimate of drug-likeness (QED) is 0.596. The van der Waals surface area contributed by atoms with Crippen LogP contribution < -0.4 is 11.1 Å². The molecular formula is C14H23ClN2O2. The van der Waals surface area contributed by atoms with E-state index in [1.54, 1.807) is 0 Å². The van der Waals surface area contributed by atoms with Crippen molar-refractivity contribution >= 4 is 24.2 Å². The number of nitrogens with two attached hydrogens (primary N) is 1. The summed E-state index contributed by atoms with van der Waals surface area (Å²) in [6, 6.07) is 7.40. The highest BCUT2D eigenvalue weighted by molar-refractivity contribution is 5.85. The van der Waals surface area contributed by atoms with Crippen LogP contribution in [0.2, 0.25) is 0 Å². The molecule has 0 heterocycles. The van der Waals surface area contributed by atoms with E-state index in [1.807, 2.05) is 24.3 Å². The molecule has 0 aromatic heterocycles. The molecule has 5 heteroatoms. The van der Waals surface area contributed by atoms with Crippen LogP contribution in [0.1, 0.15) is 38.2 Å². The molecule has 3 N–H and O–H groups in total. The van der Waals surface area contributed by atoms with Gasteiger partial charge in [0.2, 0.25) is 0 Å². The van der Waals surface area contributed by atoms with Crippen molar-refractivity contribution in [3.05, 3.63) is 29.8 Å². The van der Waals surface area contributed by atoms with Crippen LogP contribution in [0.3, 0.4) is 0 Å². The van der Waals surface area contributed by atoms with Gasteiger partial charge < -0.3 is 15.8 Å². The number of nitrogen functional groups attached to an aromatic ring is 1. The first-order valence-corrected chi connectivity index (χ1v) is 6.47. The molecule has 0 saturated carbocycles. The Morgan fingerprint density at radius 2 is 1.89 bits per heavy atom. The standard InChI is InChI=1S/C14H22N2O2.ClH/c1-2-3-4-5-10-18-14(17)16-11-12-6-8-13(15)9-7-12;/h6-9H,2-5,10-11,15H2,1H3,(H,16,17);1H. The second-order valence-corrected chi connectivity index (χ2v) is 4.29. The molecular weight excluding hydrogens is 264 g/mol. The summed E-state index contributed by atoms with van der Waals surface area (Å²) in [5.41, 5.74) is 7.30. The summed E-state index contributed by atoms with van der Waals surface area (Å²) in [6.07, 6.45) is 4.06. The third kappa shape index (κ3) is 8.32. The topological polar surface area (TPSA) is 64.3 Å². The second-order valence-electron chi connectivity index (χ2n) is 4.29. The number of rotatable bonds is 7. The summed E-state index contributed by atoms with van der Waals surface area (Å²) in [6.45, 7) is 3.11. The molecule has 1 aromatic rings. The first-order chi connectivity index (χ1) is 8.72.